The van der Waals surface area contributed by atoms with E-state index < -0.39 is 5.56 Å². The minimum Gasteiger partial charge on any atom is -0.423 e. The second kappa shape index (κ2) is 7.31. The zero-order valence-electron chi connectivity index (χ0n) is 16.5. The number of nitrogens with two attached hydrogens (primary N) is 1. The van der Waals surface area contributed by atoms with E-state index in [1.807, 2.05) is 24.3 Å². The van der Waals surface area contributed by atoms with Crippen LogP contribution in [-0.2, 0) is 19.5 Å². The summed E-state index contributed by atoms with van der Waals surface area (Å²) in [5.74, 6) is 0. The van der Waals surface area contributed by atoms with Gasteiger partial charge < -0.3 is 15.8 Å². The van der Waals surface area contributed by atoms with Crippen LogP contribution in [0.3, 0.4) is 0 Å². The Morgan fingerprint density at radius 3 is 2.73 bits per heavy atom. The second-order valence-corrected chi connectivity index (χ2v) is 7.61. The molecule has 150 valence electrons. The fraction of sp³-hybridized carbons (Fsp3) is 0.167. The van der Waals surface area contributed by atoms with E-state index in [-0.39, 0.29) is 5.65 Å². The molecule has 30 heavy (non-hydrogen) atoms. The summed E-state index contributed by atoms with van der Waals surface area (Å²) in [6.07, 6.45) is 2.47. The van der Waals surface area contributed by atoms with Crippen LogP contribution in [0.1, 0.15) is 16.7 Å². The van der Waals surface area contributed by atoms with Gasteiger partial charge in [-0.1, -0.05) is 30.3 Å². The first-order chi connectivity index (χ1) is 14.6. The van der Waals surface area contributed by atoms with E-state index >= 15 is 0 Å². The molecule has 1 aliphatic rings. The molecule has 6 heteroatoms. The largest absolute Gasteiger partial charge is 0.423 e. The molecule has 0 radical (unpaired) electrons. The minimum atomic E-state index is -0.477. The third-order valence-corrected chi connectivity index (χ3v) is 5.79. The Balaban J connectivity index is 1.55. The van der Waals surface area contributed by atoms with E-state index in [4.69, 9.17) is 5.73 Å². The molecule has 5 rings (SSSR count). The van der Waals surface area contributed by atoms with Gasteiger partial charge in [0.2, 0.25) is 0 Å². The summed E-state index contributed by atoms with van der Waals surface area (Å²) in [4.78, 5) is 18.7. The Bertz CT molecular complexity index is 1310. The molecular weight excluding hydrogens is 376 g/mol. The van der Waals surface area contributed by atoms with Gasteiger partial charge >= 0.3 is 0 Å². The summed E-state index contributed by atoms with van der Waals surface area (Å²) in [6, 6.07) is 20.1. The summed E-state index contributed by atoms with van der Waals surface area (Å²) in [6.45, 7) is 2.01. The van der Waals surface area contributed by atoms with Crippen molar-refractivity contribution in [2.24, 2.45) is 5.73 Å². The maximum atomic E-state index is 12.3. The van der Waals surface area contributed by atoms with Gasteiger partial charge in [-0.25, -0.2) is 4.98 Å². The van der Waals surface area contributed by atoms with Crippen molar-refractivity contribution < 1.29 is 5.21 Å². The van der Waals surface area contributed by atoms with Crippen molar-refractivity contribution in [2.75, 3.05) is 11.4 Å². The zero-order valence-corrected chi connectivity index (χ0v) is 16.5. The first-order valence-electron chi connectivity index (χ1n) is 10.0. The lowest BCUT2D eigenvalue weighted by atomic mass is 9.94. The van der Waals surface area contributed by atoms with Crippen LogP contribution < -0.4 is 16.2 Å². The molecule has 0 saturated heterocycles. The number of nitrogens with zero attached hydrogens (tertiary/aromatic N) is 3. The number of pyridine rings is 2. The molecule has 1 aliphatic heterocycles. The molecule has 0 amide bonds. The number of benzene rings is 2. The number of rotatable bonds is 3. The Morgan fingerprint density at radius 1 is 1.00 bits per heavy atom. The SMILES string of the molecule is NCc1cccc(-c2ccc3c(c2)CN(c2cc(=O)n(O)c4ncccc24)CC3)c1. The molecule has 3 N–H and O–H groups in total. The van der Waals surface area contributed by atoms with Crippen LogP contribution in [0, 0.1) is 0 Å². The lowest BCUT2D eigenvalue weighted by Crippen LogP contribution is -2.32. The van der Waals surface area contributed by atoms with Crippen molar-refractivity contribution in [3.8, 4) is 11.1 Å². The van der Waals surface area contributed by atoms with Crippen LogP contribution in [0.4, 0.5) is 5.69 Å². The molecule has 0 atom stereocenters. The van der Waals surface area contributed by atoms with Crippen molar-refractivity contribution in [1.82, 2.24) is 9.71 Å². The molecule has 0 aliphatic carbocycles. The highest BCUT2D eigenvalue weighted by atomic mass is 16.5. The predicted molar refractivity (Wildman–Crippen MR) is 118 cm³/mol. The van der Waals surface area contributed by atoms with E-state index in [0.717, 1.165) is 40.7 Å². The normalized spacial score (nSPS) is 13.4. The molecule has 4 aromatic rings. The molecule has 0 bridgehead atoms. The van der Waals surface area contributed by atoms with E-state index in [2.05, 4.69) is 40.2 Å². The van der Waals surface area contributed by atoms with Gasteiger partial charge in [-0.05, 0) is 58.5 Å². The van der Waals surface area contributed by atoms with E-state index in [9.17, 15) is 10.0 Å². The van der Waals surface area contributed by atoms with Crippen LogP contribution in [0.25, 0.3) is 22.2 Å². The third-order valence-electron chi connectivity index (χ3n) is 5.79. The van der Waals surface area contributed by atoms with Crippen LogP contribution in [0.15, 0.2) is 71.7 Å². The summed E-state index contributed by atoms with van der Waals surface area (Å²) in [7, 11) is 0. The monoisotopic (exact) mass is 398 g/mol. The maximum absolute atomic E-state index is 12.3. The Hall–Kier alpha value is -3.64. The maximum Gasteiger partial charge on any atom is 0.286 e. The van der Waals surface area contributed by atoms with Gasteiger partial charge in [0.1, 0.15) is 0 Å². The lowest BCUT2D eigenvalue weighted by molar-refractivity contribution is 0.186. The standard InChI is InChI=1S/C24H22N4O2/c25-14-16-3-1-4-18(11-16)19-7-6-17-8-10-27(15-20(17)12-19)22-13-23(29)28(30)24-21(22)5-2-9-26-24/h1-7,9,11-13,30H,8,10,14-15,25H2. The van der Waals surface area contributed by atoms with Gasteiger partial charge in [0.05, 0.1) is 5.69 Å². The van der Waals surface area contributed by atoms with Crippen molar-refractivity contribution >= 4 is 16.7 Å². The van der Waals surface area contributed by atoms with Crippen LogP contribution in [0.2, 0.25) is 0 Å². The molecular formula is C24H22N4O2. The quantitative estimate of drug-likeness (QED) is 0.517. The minimum absolute atomic E-state index is 0.276. The van der Waals surface area contributed by atoms with Crippen LogP contribution >= 0.6 is 0 Å². The van der Waals surface area contributed by atoms with E-state index in [1.54, 1.807) is 6.20 Å². The highest BCUT2D eigenvalue weighted by Crippen LogP contribution is 2.31. The predicted octanol–water partition coefficient (Wildman–Crippen LogP) is 3.32. The summed E-state index contributed by atoms with van der Waals surface area (Å²) < 4.78 is 0.610. The fourth-order valence-electron chi connectivity index (χ4n) is 4.21. The van der Waals surface area contributed by atoms with Gasteiger partial charge in [-0.15, -0.1) is 4.73 Å². The zero-order chi connectivity index (χ0) is 20.7. The third kappa shape index (κ3) is 3.11. The van der Waals surface area contributed by atoms with Crippen LogP contribution in [0.5, 0.6) is 0 Å². The number of hydrogen-bond donors (Lipinski definition) is 2. The molecule has 2 aromatic heterocycles. The van der Waals surface area contributed by atoms with Gasteiger partial charge in [-0.3, -0.25) is 4.79 Å². The highest BCUT2D eigenvalue weighted by Gasteiger charge is 2.21. The average molecular weight is 398 g/mol. The fourth-order valence-corrected chi connectivity index (χ4v) is 4.21. The average Bonchev–Trinajstić information content (AvgIpc) is 2.80. The number of anilines is 1. The van der Waals surface area contributed by atoms with Crippen LogP contribution in [-0.4, -0.2) is 21.5 Å². The smallest absolute Gasteiger partial charge is 0.286 e. The lowest BCUT2D eigenvalue weighted by Gasteiger charge is -2.31. The molecule has 0 spiro atoms. The molecule has 6 nitrogen and oxygen atoms in total. The second-order valence-electron chi connectivity index (χ2n) is 7.61. The summed E-state index contributed by atoms with van der Waals surface area (Å²) >= 11 is 0. The summed E-state index contributed by atoms with van der Waals surface area (Å²) in [5, 5.41) is 10.8. The van der Waals surface area contributed by atoms with E-state index in [1.165, 1.54) is 17.2 Å². The number of fused-ring (bicyclic) bond motifs is 2. The molecule has 0 saturated carbocycles. The van der Waals surface area contributed by atoms with Crippen molar-refractivity contribution in [3.05, 3.63) is 93.9 Å². The first kappa shape index (κ1) is 18.4. The van der Waals surface area contributed by atoms with Crippen molar-refractivity contribution in [2.45, 2.75) is 19.5 Å². The van der Waals surface area contributed by atoms with Gasteiger partial charge in [0.25, 0.3) is 5.56 Å². The number of hydrogen-bond acceptors (Lipinski definition) is 5. The van der Waals surface area contributed by atoms with Gasteiger partial charge in [0.15, 0.2) is 5.65 Å². The number of aromatic nitrogens is 2. The van der Waals surface area contributed by atoms with Gasteiger partial charge in [0, 0.05) is 37.3 Å². The topological polar surface area (TPSA) is 84.4 Å². The molecule has 2 aromatic carbocycles. The molecule has 3 heterocycles. The molecule has 0 fully saturated rings. The summed E-state index contributed by atoms with van der Waals surface area (Å²) in [5.41, 5.74) is 12.4. The van der Waals surface area contributed by atoms with E-state index in [0.29, 0.717) is 17.8 Å². The highest BCUT2D eigenvalue weighted by molar-refractivity contribution is 5.89. The Kier molecular flexibility index (Phi) is 4.48. The Labute approximate surface area is 173 Å². The van der Waals surface area contributed by atoms with Crippen molar-refractivity contribution in [1.29, 1.82) is 0 Å². The Morgan fingerprint density at radius 2 is 1.87 bits per heavy atom. The molecule has 0 unspecified atom stereocenters. The van der Waals surface area contributed by atoms with Gasteiger partial charge in [-0.2, -0.15) is 0 Å². The van der Waals surface area contributed by atoms with Crippen molar-refractivity contribution in [3.63, 3.8) is 0 Å². The first-order valence-corrected chi connectivity index (χ1v) is 10.0.